The number of rotatable bonds is 1. The number of anilines is 1. The number of likely N-dealkylation sites (tertiary alicyclic amines) is 1. The molecule has 2 rings (SSSR count). The molecule has 0 radical (unpaired) electrons. The van der Waals surface area contributed by atoms with Crippen molar-refractivity contribution in [2.45, 2.75) is 19.3 Å². The number of aromatic nitrogens is 2. The molecule has 0 saturated carbocycles. The minimum absolute atomic E-state index is 0.148. The van der Waals surface area contributed by atoms with E-state index < -0.39 is 0 Å². The van der Waals surface area contributed by atoms with Gasteiger partial charge in [-0.05, 0) is 19.3 Å². The SMILES string of the molecule is Cn1ncc(C#N)c1NC(=O)N1CCCCC1. The van der Waals surface area contributed by atoms with Gasteiger partial charge in [0.15, 0.2) is 0 Å². The zero-order chi connectivity index (χ0) is 12.3. The summed E-state index contributed by atoms with van der Waals surface area (Å²) in [5, 5.41) is 15.6. The quantitative estimate of drug-likeness (QED) is 0.794. The second-order valence-electron chi connectivity index (χ2n) is 4.12. The number of amides is 2. The minimum atomic E-state index is -0.148. The van der Waals surface area contributed by atoms with Crippen LogP contribution in [0, 0.1) is 11.3 Å². The van der Waals surface area contributed by atoms with Crippen LogP contribution in [0.1, 0.15) is 24.8 Å². The van der Waals surface area contributed by atoms with E-state index in [2.05, 4.69) is 10.4 Å². The van der Waals surface area contributed by atoms with Crippen LogP contribution in [-0.2, 0) is 7.05 Å². The van der Waals surface area contributed by atoms with Crippen LogP contribution in [0.5, 0.6) is 0 Å². The maximum Gasteiger partial charge on any atom is 0.323 e. The Morgan fingerprint density at radius 2 is 2.18 bits per heavy atom. The van der Waals surface area contributed by atoms with Crippen molar-refractivity contribution in [2.75, 3.05) is 18.4 Å². The van der Waals surface area contributed by atoms with Gasteiger partial charge in [-0.25, -0.2) is 4.79 Å². The predicted molar refractivity (Wildman–Crippen MR) is 62.4 cm³/mol. The van der Waals surface area contributed by atoms with Crippen LogP contribution in [0.3, 0.4) is 0 Å². The monoisotopic (exact) mass is 233 g/mol. The lowest BCUT2D eigenvalue weighted by atomic mass is 10.1. The van der Waals surface area contributed by atoms with Gasteiger partial charge in [0, 0.05) is 20.1 Å². The van der Waals surface area contributed by atoms with Crippen molar-refractivity contribution >= 4 is 11.8 Å². The van der Waals surface area contributed by atoms with E-state index in [0.717, 1.165) is 25.9 Å². The van der Waals surface area contributed by atoms with Gasteiger partial charge >= 0.3 is 6.03 Å². The summed E-state index contributed by atoms with van der Waals surface area (Å²) in [6, 6.07) is 1.86. The fraction of sp³-hybridized carbons (Fsp3) is 0.545. The van der Waals surface area contributed by atoms with Crippen molar-refractivity contribution in [3.05, 3.63) is 11.8 Å². The highest BCUT2D eigenvalue weighted by molar-refractivity contribution is 5.89. The molecule has 17 heavy (non-hydrogen) atoms. The molecular formula is C11H15N5O. The normalized spacial score (nSPS) is 15.4. The van der Waals surface area contributed by atoms with Crippen LogP contribution in [-0.4, -0.2) is 33.8 Å². The average molecular weight is 233 g/mol. The first kappa shape index (κ1) is 11.5. The first-order valence-corrected chi connectivity index (χ1v) is 5.70. The van der Waals surface area contributed by atoms with Gasteiger partial charge in [0.2, 0.25) is 0 Å². The number of piperidine rings is 1. The summed E-state index contributed by atoms with van der Waals surface area (Å²) < 4.78 is 1.50. The van der Waals surface area contributed by atoms with Crippen molar-refractivity contribution in [1.82, 2.24) is 14.7 Å². The number of nitriles is 1. The van der Waals surface area contributed by atoms with Crippen LogP contribution in [0.15, 0.2) is 6.20 Å². The lowest BCUT2D eigenvalue weighted by molar-refractivity contribution is 0.200. The molecule has 0 aromatic carbocycles. The summed E-state index contributed by atoms with van der Waals surface area (Å²) >= 11 is 0. The highest BCUT2D eigenvalue weighted by atomic mass is 16.2. The van der Waals surface area contributed by atoms with Gasteiger partial charge in [0.25, 0.3) is 0 Å². The Bertz CT molecular complexity index is 453. The van der Waals surface area contributed by atoms with E-state index >= 15 is 0 Å². The molecule has 0 unspecified atom stereocenters. The van der Waals surface area contributed by atoms with E-state index in [1.54, 1.807) is 11.9 Å². The summed E-state index contributed by atoms with van der Waals surface area (Å²) in [5.74, 6) is 0.461. The first-order chi connectivity index (χ1) is 8.22. The fourth-order valence-electron chi connectivity index (χ4n) is 1.94. The van der Waals surface area contributed by atoms with E-state index in [4.69, 9.17) is 5.26 Å². The Labute approximate surface area is 99.8 Å². The zero-order valence-electron chi connectivity index (χ0n) is 9.81. The standard InChI is InChI=1S/C11H15N5O/c1-15-10(9(7-12)8-13-15)14-11(17)16-5-3-2-4-6-16/h8H,2-6H2,1H3,(H,14,17). The van der Waals surface area contributed by atoms with Crippen LogP contribution in [0.2, 0.25) is 0 Å². The van der Waals surface area contributed by atoms with Crippen molar-refractivity contribution in [1.29, 1.82) is 5.26 Å². The Balaban J connectivity index is 2.07. The van der Waals surface area contributed by atoms with Gasteiger partial charge in [-0.3, -0.25) is 10.00 Å². The largest absolute Gasteiger partial charge is 0.325 e. The molecule has 2 amide bonds. The van der Waals surface area contributed by atoms with Crippen LogP contribution >= 0.6 is 0 Å². The molecule has 1 aromatic rings. The third-order valence-electron chi connectivity index (χ3n) is 2.93. The molecule has 1 aliphatic rings. The number of carbonyl (C=O) groups is 1. The topological polar surface area (TPSA) is 74.0 Å². The van der Waals surface area contributed by atoms with E-state index in [-0.39, 0.29) is 6.03 Å². The maximum atomic E-state index is 12.0. The van der Waals surface area contributed by atoms with Gasteiger partial charge in [0.05, 0.1) is 6.20 Å². The molecule has 0 aliphatic carbocycles. The van der Waals surface area contributed by atoms with E-state index in [0.29, 0.717) is 11.4 Å². The molecule has 6 nitrogen and oxygen atoms in total. The molecule has 1 fully saturated rings. The molecule has 0 spiro atoms. The van der Waals surface area contributed by atoms with E-state index in [1.165, 1.54) is 17.3 Å². The third kappa shape index (κ3) is 2.38. The van der Waals surface area contributed by atoms with Gasteiger partial charge in [-0.1, -0.05) is 0 Å². The molecule has 6 heteroatoms. The van der Waals surface area contributed by atoms with Crippen molar-refractivity contribution < 1.29 is 4.79 Å². The molecule has 1 saturated heterocycles. The van der Waals surface area contributed by atoms with Gasteiger partial charge in [-0.2, -0.15) is 10.4 Å². The third-order valence-corrected chi connectivity index (χ3v) is 2.93. The Kier molecular flexibility index (Phi) is 3.28. The number of nitrogens with one attached hydrogen (secondary N) is 1. The fourth-order valence-corrected chi connectivity index (χ4v) is 1.94. The second kappa shape index (κ2) is 4.87. The number of carbonyl (C=O) groups excluding carboxylic acids is 1. The van der Waals surface area contributed by atoms with Gasteiger partial charge in [-0.15, -0.1) is 0 Å². The molecular weight excluding hydrogens is 218 g/mol. The Hall–Kier alpha value is -2.03. The number of urea groups is 1. The number of nitrogens with zero attached hydrogens (tertiary/aromatic N) is 4. The van der Waals surface area contributed by atoms with Crippen LogP contribution in [0.25, 0.3) is 0 Å². The van der Waals surface area contributed by atoms with Gasteiger partial charge < -0.3 is 4.90 Å². The highest BCUT2D eigenvalue weighted by Gasteiger charge is 2.19. The van der Waals surface area contributed by atoms with Crippen LogP contribution in [0.4, 0.5) is 10.6 Å². The maximum absolute atomic E-state index is 12.0. The summed E-state index contributed by atoms with van der Waals surface area (Å²) in [4.78, 5) is 13.7. The molecule has 2 heterocycles. The second-order valence-corrected chi connectivity index (χ2v) is 4.12. The molecule has 1 N–H and O–H groups in total. The zero-order valence-corrected chi connectivity index (χ0v) is 9.81. The van der Waals surface area contributed by atoms with Gasteiger partial charge in [0.1, 0.15) is 17.5 Å². The minimum Gasteiger partial charge on any atom is -0.325 e. The number of aryl methyl sites for hydroxylation is 1. The summed E-state index contributed by atoms with van der Waals surface area (Å²) in [7, 11) is 1.70. The predicted octanol–water partition coefficient (Wildman–Crippen LogP) is 1.31. The molecule has 90 valence electrons. The molecule has 1 aliphatic heterocycles. The lowest BCUT2D eigenvalue weighted by Gasteiger charge is -2.26. The smallest absolute Gasteiger partial charge is 0.323 e. The number of hydrogen-bond acceptors (Lipinski definition) is 3. The van der Waals surface area contributed by atoms with E-state index in [1.807, 2.05) is 6.07 Å². The van der Waals surface area contributed by atoms with Crippen molar-refractivity contribution in [2.24, 2.45) is 7.05 Å². The average Bonchev–Trinajstić information content (AvgIpc) is 2.71. The van der Waals surface area contributed by atoms with E-state index in [9.17, 15) is 4.79 Å². The molecule has 0 bridgehead atoms. The summed E-state index contributed by atoms with van der Waals surface area (Å²) in [5.41, 5.74) is 0.387. The summed E-state index contributed by atoms with van der Waals surface area (Å²) in [6.45, 7) is 1.57. The van der Waals surface area contributed by atoms with Crippen molar-refractivity contribution in [3.63, 3.8) is 0 Å². The number of hydrogen-bond donors (Lipinski definition) is 1. The molecule has 1 aromatic heterocycles. The lowest BCUT2D eigenvalue weighted by Crippen LogP contribution is -2.39. The molecule has 0 atom stereocenters. The Morgan fingerprint density at radius 3 is 2.82 bits per heavy atom. The Morgan fingerprint density at radius 1 is 1.47 bits per heavy atom. The summed E-state index contributed by atoms with van der Waals surface area (Å²) in [6.07, 6.45) is 4.72. The highest BCUT2D eigenvalue weighted by Crippen LogP contribution is 2.15. The van der Waals surface area contributed by atoms with Crippen molar-refractivity contribution in [3.8, 4) is 6.07 Å². The first-order valence-electron chi connectivity index (χ1n) is 5.70. The van der Waals surface area contributed by atoms with Crippen LogP contribution < -0.4 is 5.32 Å².